The van der Waals surface area contributed by atoms with E-state index in [4.69, 9.17) is 4.74 Å². The molecule has 1 aromatic rings. The molecular weight excluding hydrogens is 264 g/mol. The van der Waals surface area contributed by atoms with Gasteiger partial charge in [-0.15, -0.1) is 10.2 Å². The molecule has 0 saturated heterocycles. The molecule has 1 aliphatic carbocycles. The van der Waals surface area contributed by atoms with Crippen LogP contribution >= 0.6 is 11.8 Å². The number of hydrogen-bond donors (Lipinski definition) is 1. The van der Waals surface area contributed by atoms with Crippen LogP contribution in [0.1, 0.15) is 25.6 Å². The third-order valence-electron chi connectivity index (χ3n) is 3.28. The minimum Gasteiger partial charge on any atom is -0.468 e. The Morgan fingerprint density at radius 1 is 1.58 bits per heavy atom. The molecule has 1 aliphatic rings. The molecule has 6 nitrogen and oxygen atoms in total. The van der Waals surface area contributed by atoms with E-state index in [1.807, 2.05) is 25.5 Å². The van der Waals surface area contributed by atoms with Gasteiger partial charge in [0.2, 0.25) is 0 Å². The molecule has 1 atom stereocenters. The van der Waals surface area contributed by atoms with Crippen LogP contribution in [-0.2, 0) is 16.6 Å². The van der Waals surface area contributed by atoms with Crippen LogP contribution in [-0.4, -0.2) is 45.2 Å². The molecule has 0 aromatic carbocycles. The Labute approximate surface area is 117 Å². The van der Waals surface area contributed by atoms with E-state index >= 15 is 0 Å². The second-order valence-electron chi connectivity index (χ2n) is 5.12. The number of esters is 1. The predicted molar refractivity (Wildman–Crippen MR) is 73.0 cm³/mol. The van der Waals surface area contributed by atoms with Gasteiger partial charge < -0.3 is 9.30 Å². The van der Waals surface area contributed by atoms with Crippen LogP contribution in [0.3, 0.4) is 0 Å². The lowest BCUT2D eigenvalue weighted by atomic mass is 10.1. The monoisotopic (exact) mass is 284 g/mol. The fourth-order valence-corrected chi connectivity index (χ4v) is 2.83. The first-order valence-corrected chi connectivity index (χ1v) is 7.30. The second-order valence-corrected chi connectivity index (χ2v) is 6.06. The van der Waals surface area contributed by atoms with Crippen molar-refractivity contribution in [1.82, 2.24) is 20.1 Å². The number of methoxy groups -OCH3 is 1. The molecular formula is C12H20N4O2S. The quantitative estimate of drug-likeness (QED) is 0.618. The molecule has 106 valence electrons. The molecule has 0 amide bonds. The van der Waals surface area contributed by atoms with Crippen LogP contribution in [0.2, 0.25) is 0 Å². The number of carbonyl (C=O) groups is 1. The van der Waals surface area contributed by atoms with Crippen molar-refractivity contribution >= 4 is 17.7 Å². The van der Waals surface area contributed by atoms with Gasteiger partial charge in [0.15, 0.2) is 5.16 Å². The summed E-state index contributed by atoms with van der Waals surface area (Å²) < 4.78 is 6.83. The van der Waals surface area contributed by atoms with Gasteiger partial charge in [0, 0.05) is 18.8 Å². The summed E-state index contributed by atoms with van der Waals surface area (Å²) in [5.74, 6) is 1.20. The summed E-state index contributed by atoms with van der Waals surface area (Å²) in [6, 6.07) is 0.436. The van der Waals surface area contributed by atoms with Crippen molar-refractivity contribution < 1.29 is 9.53 Å². The van der Waals surface area contributed by atoms with E-state index in [1.165, 1.54) is 18.9 Å². The van der Waals surface area contributed by atoms with Gasteiger partial charge in [-0.25, -0.2) is 0 Å². The lowest BCUT2D eigenvalue weighted by Gasteiger charge is -2.27. The van der Waals surface area contributed by atoms with Crippen molar-refractivity contribution in [3.63, 3.8) is 0 Å². The molecule has 1 fully saturated rings. The maximum atomic E-state index is 12.0. The first kappa shape index (κ1) is 14.3. The third kappa shape index (κ3) is 3.27. The van der Waals surface area contributed by atoms with E-state index < -0.39 is 5.54 Å². The number of nitrogens with zero attached hydrogens (tertiary/aromatic N) is 3. The number of aryl methyl sites for hydroxylation is 1. The highest BCUT2D eigenvalue weighted by Crippen LogP contribution is 2.27. The number of rotatable bonds is 6. The predicted octanol–water partition coefficient (Wildman–Crippen LogP) is 0.899. The van der Waals surface area contributed by atoms with Crippen LogP contribution < -0.4 is 5.32 Å². The lowest BCUT2D eigenvalue weighted by molar-refractivity contribution is -0.147. The molecule has 7 heteroatoms. The van der Waals surface area contributed by atoms with E-state index in [9.17, 15) is 4.79 Å². The van der Waals surface area contributed by atoms with Gasteiger partial charge in [-0.3, -0.25) is 10.1 Å². The van der Waals surface area contributed by atoms with Crippen molar-refractivity contribution in [2.75, 3.05) is 12.9 Å². The Morgan fingerprint density at radius 3 is 2.74 bits per heavy atom. The van der Waals surface area contributed by atoms with Gasteiger partial charge in [0.1, 0.15) is 11.4 Å². The van der Waals surface area contributed by atoms with Crippen LogP contribution in [0.5, 0.6) is 0 Å². The molecule has 0 aliphatic heterocycles. The molecule has 1 aromatic heterocycles. The zero-order chi connectivity index (χ0) is 14.0. The summed E-state index contributed by atoms with van der Waals surface area (Å²) in [4.78, 5) is 12.0. The van der Waals surface area contributed by atoms with Crippen molar-refractivity contribution in [2.45, 2.75) is 43.4 Å². The topological polar surface area (TPSA) is 69.0 Å². The average Bonchev–Trinajstić information content (AvgIpc) is 3.14. The molecule has 19 heavy (non-hydrogen) atoms. The lowest BCUT2D eigenvalue weighted by Crippen LogP contribution is -2.53. The van der Waals surface area contributed by atoms with Crippen LogP contribution in [0.4, 0.5) is 0 Å². The smallest absolute Gasteiger partial charge is 0.326 e. The van der Waals surface area contributed by atoms with Crippen LogP contribution in [0.25, 0.3) is 0 Å². The fourth-order valence-electron chi connectivity index (χ4n) is 1.79. The van der Waals surface area contributed by atoms with Crippen molar-refractivity contribution in [2.24, 2.45) is 7.05 Å². The number of hydrogen-bond acceptors (Lipinski definition) is 6. The van der Waals surface area contributed by atoms with Crippen LogP contribution in [0.15, 0.2) is 5.16 Å². The first-order valence-electron chi connectivity index (χ1n) is 6.31. The summed E-state index contributed by atoms with van der Waals surface area (Å²) in [6.45, 7) is 3.78. The molecule has 1 unspecified atom stereocenters. The van der Waals surface area contributed by atoms with E-state index in [1.54, 1.807) is 0 Å². The highest BCUT2D eigenvalue weighted by molar-refractivity contribution is 7.99. The minimum atomic E-state index is -0.680. The molecule has 0 spiro atoms. The van der Waals surface area contributed by atoms with E-state index in [0.717, 1.165) is 23.8 Å². The van der Waals surface area contributed by atoms with Gasteiger partial charge in [-0.1, -0.05) is 11.8 Å². The van der Waals surface area contributed by atoms with Crippen molar-refractivity contribution in [1.29, 1.82) is 0 Å². The molecule has 2 rings (SSSR count). The number of aromatic nitrogens is 3. The van der Waals surface area contributed by atoms with E-state index in [2.05, 4.69) is 15.5 Å². The number of thioether (sulfide) groups is 1. The van der Waals surface area contributed by atoms with Crippen molar-refractivity contribution in [3.8, 4) is 0 Å². The molecule has 0 radical (unpaired) electrons. The number of ether oxygens (including phenoxy) is 1. The molecule has 1 saturated carbocycles. The second kappa shape index (κ2) is 5.50. The summed E-state index contributed by atoms with van der Waals surface area (Å²) in [7, 11) is 3.34. The maximum Gasteiger partial charge on any atom is 0.326 e. The SMILES string of the molecule is COC(=O)C(C)(CSc1nnc(C)n1C)NC1CC1. The van der Waals surface area contributed by atoms with E-state index in [0.29, 0.717) is 11.8 Å². The molecule has 1 heterocycles. The third-order valence-corrected chi connectivity index (χ3v) is 4.61. The Balaban J connectivity index is 2.03. The van der Waals surface area contributed by atoms with Gasteiger partial charge in [-0.2, -0.15) is 0 Å². The minimum absolute atomic E-state index is 0.231. The zero-order valence-corrected chi connectivity index (χ0v) is 12.6. The zero-order valence-electron chi connectivity index (χ0n) is 11.8. The standard InChI is InChI=1S/C12H20N4O2S/c1-8-14-15-11(16(8)3)19-7-12(2,10(17)18-4)13-9-5-6-9/h9,13H,5-7H2,1-4H3. The summed E-state index contributed by atoms with van der Waals surface area (Å²) in [5.41, 5.74) is -0.680. The Morgan fingerprint density at radius 2 is 2.26 bits per heavy atom. The van der Waals surface area contributed by atoms with E-state index in [-0.39, 0.29) is 5.97 Å². The number of nitrogens with one attached hydrogen (secondary N) is 1. The van der Waals surface area contributed by atoms with Gasteiger partial charge in [0.05, 0.1) is 7.11 Å². The highest BCUT2D eigenvalue weighted by Gasteiger charge is 2.39. The fraction of sp³-hybridized carbons (Fsp3) is 0.750. The maximum absolute atomic E-state index is 12.0. The number of carbonyl (C=O) groups excluding carboxylic acids is 1. The average molecular weight is 284 g/mol. The van der Waals surface area contributed by atoms with Gasteiger partial charge >= 0.3 is 5.97 Å². The summed E-state index contributed by atoms with van der Waals surface area (Å²) >= 11 is 1.51. The Kier molecular flexibility index (Phi) is 4.15. The van der Waals surface area contributed by atoms with Crippen LogP contribution in [0, 0.1) is 6.92 Å². The Bertz CT molecular complexity index is 472. The molecule has 0 bridgehead atoms. The summed E-state index contributed by atoms with van der Waals surface area (Å²) in [5, 5.41) is 12.3. The molecule has 1 N–H and O–H groups in total. The van der Waals surface area contributed by atoms with Crippen molar-refractivity contribution in [3.05, 3.63) is 5.82 Å². The Hall–Kier alpha value is -1.08. The summed E-state index contributed by atoms with van der Waals surface area (Å²) in [6.07, 6.45) is 2.25. The highest BCUT2D eigenvalue weighted by atomic mass is 32.2. The van der Waals surface area contributed by atoms with Gasteiger partial charge in [-0.05, 0) is 26.7 Å². The largest absolute Gasteiger partial charge is 0.468 e. The normalized spacial score (nSPS) is 18.1. The first-order chi connectivity index (χ1) is 8.96. The van der Waals surface area contributed by atoms with Gasteiger partial charge in [0.25, 0.3) is 0 Å².